The molecule has 4 heteroatoms. The molecule has 0 aliphatic rings. The lowest BCUT2D eigenvalue weighted by Gasteiger charge is -2.05. The predicted molar refractivity (Wildman–Crippen MR) is 57.3 cm³/mol. The van der Waals surface area contributed by atoms with Gasteiger partial charge in [0.05, 0.1) is 16.4 Å². The molecule has 1 rings (SSSR count). The molecule has 2 N–H and O–H groups in total. The molecule has 0 fully saturated rings. The molecule has 0 amide bonds. The van der Waals surface area contributed by atoms with E-state index in [2.05, 4.69) is 34.8 Å². The molecule has 0 unspecified atom stereocenters. The number of halogens is 1. The molecule has 1 heterocycles. The third-order valence-electron chi connectivity index (χ3n) is 1.18. The number of rotatable bonds is 2. The molecule has 0 atom stereocenters. The van der Waals surface area contributed by atoms with Gasteiger partial charge in [-0.25, -0.2) is 4.98 Å². The first-order chi connectivity index (χ1) is 5.59. The highest BCUT2D eigenvalue weighted by Crippen LogP contribution is 2.29. The van der Waals surface area contributed by atoms with Crippen molar-refractivity contribution in [2.75, 3.05) is 5.73 Å². The van der Waals surface area contributed by atoms with E-state index in [9.17, 15) is 0 Å². The fraction of sp³-hybridized carbons (Fsp3) is 0.375. The zero-order chi connectivity index (χ0) is 9.14. The van der Waals surface area contributed by atoms with Gasteiger partial charge >= 0.3 is 0 Å². The summed E-state index contributed by atoms with van der Waals surface area (Å²) in [6.07, 6.45) is 1.68. The molecule has 0 saturated carbocycles. The Morgan fingerprint density at radius 1 is 1.58 bits per heavy atom. The summed E-state index contributed by atoms with van der Waals surface area (Å²) in [4.78, 5) is 4.21. The van der Waals surface area contributed by atoms with E-state index in [1.165, 1.54) is 0 Å². The van der Waals surface area contributed by atoms with Crippen molar-refractivity contribution in [1.82, 2.24) is 4.98 Å². The minimum Gasteiger partial charge on any atom is -0.397 e. The molecule has 0 saturated heterocycles. The summed E-state index contributed by atoms with van der Waals surface area (Å²) in [6.45, 7) is 4.27. The van der Waals surface area contributed by atoms with E-state index in [1.807, 2.05) is 6.07 Å². The Labute approximate surface area is 85.1 Å². The summed E-state index contributed by atoms with van der Waals surface area (Å²) >= 11 is 5.13. The Hall–Kier alpha value is -0.220. The lowest BCUT2D eigenvalue weighted by Crippen LogP contribution is -1.92. The molecular formula is C8H11BrN2S. The fourth-order valence-electron chi connectivity index (χ4n) is 0.750. The van der Waals surface area contributed by atoms with E-state index in [4.69, 9.17) is 5.73 Å². The number of nitrogens with two attached hydrogens (primary N) is 1. The van der Waals surface area contributed by atoms with E-state index in [0.717, 1.165) is 9.50 Å². The van der Waals surface area contributed by atoms with Crippen molar-refractivity contribution in [3.8, 4) is 0 Å². The Morgan fingerprint density at radius 2 is 2.25 bits per heavy atom. The summed E-state index contributed by atoms with van der Waals surface area (Å²) in [5.41, 5.74) is 6.25. The van der Waals surface area contributed by atoms with Crippen molar-refractivity contribution in [2.45, 2.75) is 24.1 Å². The average Bonchev–Trinajstić information content (AvgIpc) is 1.94. The van der Waals surface area contributed by atoms with Crippen LogP contribution < -0.4 is 5.73 Å². The van der Waals surface area contributed by atoms with Gasteiger partial charge in [-0.05, 0) is 22.0 Å². The molecule has 2 nitrogen and oxygen atoms in total. The maximum Gasteiger partial charge on any atom is 0.111 e. The van der Waals surface area contributed by atoms with Crippen LogP contribution in [0.4, 0.5) is 5.69 Å². The molecule has 1 aromatic rings. The Bertz CT molecular complexity index is 276. The number of nitrogen functional groups attached to an aromatic ring is 1. The minimum atomic E-state index is 0.539. The van der Waals surface area contributed by atoms with Gasteiger partial charge in [-0.15, -0.1) is 11.8 Å². The number of anilines is 1. The van der Waals surface area contributed by atoms with E-state index in [-0.39, 0.29) is 0 Å². The first-order valence-corrected chi connectivity index (χ1v) is 5.34. The Morgan fingerprint density at radius 3 is 2.75 bits per heavy atom. The predicted octanol–water partition coefficient (Wildman–Crippen LogP) is 2.93. The molecule has 66 valence electrons. The van der Waals surface area contributed by atoms with Crippen molar-refractivity contribution in [1.29, 1.82) is 0 Å². The summed E-state index contributed by atoms with van der Waals surface area (Å²) < 4.78 is 0.973. The van der Waals surface area contributed by atoms with Crippen molar-refractivity contribution >= 4 is 33.4 Å². The van der Waals surface area contributed by atoms with Gasteiger partial charge in [0, 0.05) is 5.25 Å². The van der Waals surface area contributed by atoms with Gasteiger partial charge < -0.3 is 5.73 Å². The van der Waals surface area contributed by atoms with E-state index < -0.39 is 0 Å². The molecule has 1 aromatic heterocycles. The smallest absolute Gasteiger partial charge is 0.111 e. The van der Waals surface area contributed by atoms with Crippen LogP contribution in [0.1, 0.15) is 13.8 Å². The third-order valence-corrected chi connectivity index (χ3v) is 3.06. The first kappa shape index (κ1) is 9.86. The summed E-state index contributed by atoms with van der Waals surface area (Å²) in [5.74, 6) is 0. The van der Waals surface area contributed by atoms with Crippen molar-refractivity contribution in [3.63, 3.8) is 0 Å². The summed E-state index contributed by atoms with van der Waals surface area (Å²) in [7, 11) is 0. The number of hydrogen-bond donors (Lipinski definition) is 1. The number of nitrogens with zero attached hydrogens (tertiary/aromatic N) is 1. The zero-order valence-electron chi connectivity index (χ0n) is 7.04. The second-order valence-corrected chi connectivity index (χ2v) is 5.14. The highest BCUT2D eigenvalue weighted by molar-refractivity contribution is 9.10. The minimum absolute atomic E-state index is 0.539. The molecule has 0 bridgehead atoms. The van der Waals surface area contributed by atoms with Gasteiger partial charge in [0.2, 0.25) is 0 Å². The van der Waals surface area contributed by atoms with Crippen LogP contribution in [0.15, 0.2) is 21.8 Å². The van der Waals surface area contributed by atoms with Gasteiger partial charge in [-0.2, -0.15) is 0 Å². The molecule has 0 aromatic carbocycles. The molecule has 0 radical (unpaired) electrons. The molecular weight excluding hydrogens is 236 g/mol. The van der Waals surface area contributed by atoms with Crippen LogP contribution in [0.2, 0.25) is 0 Å². The summed E-state index contributed by atoms with van der Waals surface area (Å²) in [6, 6.07) is 1.87. The quantitative estimate of drug-likeness (QED) is 0.816. The van der Waals surface area contributed by atoms with Gasteiger partial charge in [-0.3, -0.25) is 0 Å². The topological polar surface area (TPSA) is 38.9 Å². The molecule has 0 aliphatic carbocycles. The van der Waals surface area contributed by atoms with Crippen LogP contribution in [0.5, 0.6) is 0 Å². The number of hydrogen-bond acceptors (Lipinski definition) is 3. The summed E-state index contributed by atoms with van der Waals surface area (Å²) in [5, 5.41) is 1.54. The second-order valence-electron chi connectivity index (χ2n) is 2.72. The third kappa shape index (κ3) is 2.68. The van der Waals surface area contributed by atoms with Crippen LogP contribution in [0.3, 0.4) is 0 Å². The van der Waals surface area contributed by atoms with Crippen molar-refractivity contribution < 1.29 is 0 Å². The fourth-order valence-corrected chi connectivity index (χ4v) is 2.13. The van der Waals surface area contributed by atoms with Gasteiger partial charge in [0.1, 0.15) is 5.03 Å². The van der Waals surface area contributed by atoms with Gasteiger partial charge in [-0.1, -0.05) is 13.8 Å². The second kappa shape index (κ2) is 4.14. The highest BCUT2D eigenvalue weighted by Gasteiger charge is 2.04. The first-order valence-electron chi connectivity index (χ1n) is 3.67. The van der Waals surface area contributed by atoms with Crippen LogP contribution in [-0.2, 0) is 0 Å². The van der Waals surface area contributed by atoms with Gasteiger partial charge in [0.25, 0.3) is 0 Å². The van der Waals surface area contributed by atoms with Crippen molar-refractivity contribution in [2.24, 2.45) is 0 Å². The highest BCUT2D eigenvalue weighted by atomic mass is 79.9. The van der Waals surface area contributed by atoms with Crippen LogP contribution >= 0.6 is 27.7 Å². The zero-order valence-corrected chi connectivity index (χ0v) is 9.45. The maximum atomic E-state index is 5.56. The van der Waals surface area contributed by atoms with E-state index in [0.29, 0.717) is 10.9 Å². The molecule has 12 heavy (non-hydrogen) atoms. The SMILES string of the molecule is CC(C)Sc1ncc(N)cc1Br. The lowest BCUT2D eigenvalue weighted by molar-refractivity contribution is 1.06. The van der Waals surface area contributed by atoms with Crippen molar-refractivity contribution in [3.05, 3.63) is 16.7 Å². The normalized spacial score (nSPS) is 10.7. The Balaban J connectivity index is 2.86. The molecule has 0 spiro atoms. The number of thioether (sulfide) groups is 1. The van der Waals surface area contributed by atoms with Crippen LogP contribution in [0.25, 0.3) is 0 Å². The monoisotopic (exact) mass is 246 g/mol. The van der Waals surface area contributed by atoms with E-state index >= 15 is 0 Å². The van der Waals surface area contributed by atoms with Gasteiger partial charge in [0.15, 0.2) is 0 Å². The largest absolute Gasteiger partial charge is 0.397 e. The standard InChI is InChI=1S/C8H11BrN2S/c1-5(2)12-8-7(9)3-6(10)4-11-8/h3-5H,10H2,1-2H3. The maximum absolute atomic E-state index is 5.56. The van der Waals surface area contributed by atoms with E-state index in [1.54, 1.807) is 18.0 Å². The lowest BCUT2D eigenvalue weighted by atomic mass is 10.4. The average molecular weight is 247 g/mol. The molecule has 0 aliphatic heterocycles. The number of pyridine rings is 1. The number of aromatic nitrogens is 1. The van der Waals surface area contributed by atoms with Crippen LogP contribution in [0, 0.1) is 0 Å². The van der Waals surface area contributed by atoms with Crippen LogP contribution in [-0.4, -0.2) is 10.2 Å². The Kier molecular flexibility index (Phi) is 3.40.